The standard InChI is InChI=1S/C23H33N3O4/c1-6-22(2,3)24-20(28)16-10-11-18-17(14-16)26(21(29)23(4,5)30-18)15-19(27)25-12-8-7-9-13-25/h10-11,14H,6-9,12-13,15H2,1-5H3,(H,24,28). The Labute approximate surface area is 178 Å². The van der Waals surface area contributed by atoms with Crippen LogP contribution in [-0.2, 0) is 9.59 Å². The van der Waals surface area contributed by atoms with Crippen molar-refractivity contribution in [2.45, 2.75) is 71.4 Å². The number of nitrogens with one attached hydrogen (secondary N) is 1. The molecule has 0 unspecified atom stereocenters. The number of hydrogen-bond donors (Lipinski definition) is 1. The van der Waals surface area contributed by atoms with Crippen molar-refractivity contribution in [3.63, 3.8) is 0 Å². The van der Waals surface area contributed by atoms with Crippen molar-refractivity contribution < 1.29 is 19.1 Å². The minimum Gasteiger partial charge on any atom is -0.476 e. The summed E-state index contributed by atoms with van der Waals surface area (Å²) in [7, 11) is 0. The molecule has 3 amide bonds. The SMILES string of the molecule is CCC(C)(C)NC(=O)c1ccc2c(c1)N(CC(=O)N1CCCCC1)C(=O)C(C)(C)O2. The van der Waals surface area contributed by atoms with Gasteiger partial charge in [0.05, 0.1) is 5.69 Å². The van der Waals surface area contributed by atoms with Crippen molar-refractivity contribution in [3.05, 3.63) is 23.8 Å². The van der Waals surface area contributed by atoms with Gasteiger partial charge in [-0.1, -0.05) is 6.92 Å². The first-order valence-corrected chi connectivity index (χ1v) is 10.8. The van der Waals surface area contributed by atoms with Gasteiger partial charge >= 0.3 is 0 Å². The van der Waals surface area contributed by atoms with Crippen LogP contribution in [0, 0.1) is 0 Å². The van der Waals surface area contributed by atoms with Crippen molar-refractivity contribution >= 4 is 23.4 Å². The van der Waals surface area contributed by atoms with Crippen molar-refractivity contribution in [3.8, 4) is 5.75 Å². The van der Waals surface area contributed by atoms with Crippen molar-refractivity contribution in [2.24, 2.45) is 0 Å². The summed E-state index contributed by atoms with van der Waals surface area (Å²) in [5, 5.41) is 3.01. The van der Waals surface area contributed by atoms with E-state index < -0.39 is 5.60 Å². The van der Waals surface area contributed by atoms with E-state index in [0.717, 1.165) is 38.8 Å². The van der Waals surface area contributed by atoms with Gasteiger partial charge < -0.3 is 15.0 Å². The fraction of sp³-hybridized carbons (Fsp3) is 0.609. The number of hydrogen-bond acceptors (Lipinski definition) is 4. The minimum atomic E-state index is -1.08. The average molecular weight is 416 g/mol. The van der Waals surface area contributed by atoms with Crippen LogP contribution in [0.2, 0.25) is 0 Å². The van der Waals surface area contributed by atoms with E-state index in [0.29, 0.717) is 17.0 Å². The second-order valence-electron chi connectivity index (χ2n) is 9.32. The largest absolute Gasteiger partial charge is 0.476 e. The van der Waals surface area contributed by atoms with Gasteiger partial charge in [-0.2, -0.15) is 0 Å². The molecule has 1 fully saturated rings. The average Bonchev–Trinajstić information content (AvgIpc) is 2.71. The van der Waals surface area contributed by atoms with Crippen LogP contribution >= 0.6 is 0 Å². The summed E-state index contributed by atoms with van der Waals surface area (Å²) >= 11 is 0. The maximum absolute atomic E-state index is 13.1. The highest BCUT2D eigenvalue weighted by molar-refractivity contribution is 6.07. The zero-order valence-corrected chi connectivity index (χ0v) is 18.7. The number of nitrogens with zero attached hydrogens (tertiary/aromatic N) is 2. The van der Waals surface area contributed by atoms with E-state index >= 15 is 0 Å². The second kappa shape index (κ2) is 8.28. The second-order valence-corrected chi connectivity index (χ2v) is 9.32. The summed E-state index contributed by atoms with van der Waals surface area (Å²) in [5.74, 6) is -0.0814. The van der Waals surface area contributed by atoms with E-state index in [1.807, 2.05) is 25.7 Å². The van der Waals surface area contributed by atoms with Gasteiger partial charge in [0, 0.05) is 24.2 Å². The summed E-state index contributed by atoms with van der Waals surface area (Å²) in [5.41, 5.74) is -0.526. The third-order valence-electron chi connectivity index (χ3n) is 5.98. The maximum atomic E-state index is 13.1. The number of piperidine rings is 1. The lowest BCUT2D eigenvalue weighted by atomic mass is 10.00. The predicted molar refractivity (Wildman–Crippen MR) is 116 cm³/mol. The molecule has 1 saturated heterocycles. The van der Waals surface area contributed by atoms with Crippen LogP contribution in [0.25, 0.3) is 0 Å². The highest BCUT2D eigenvalue weighted by atomic mass is 16.5. The number of carbonyl (C=O) groups excluding carboxylic acids is 3. The number of carbonyl (C=O) groups is 3. The molecule has 0 aliphatic carbocycles. The zero-order chi connectivity index (χ0) is 22.1. The number of rotatable bonds is 5. The summed E-state index contributed by atoms with van der Waals surface area (Å²) in [6.45, 7) is 10.7. The Morgan fingerprint density at radius 3 is 2.47 bits per heavy atom. The first kappa shape index (κ1) is 22.1. The maximum Gasteiger partial charge on any atom is 0.271 e. The molecule has 7 nitrogen and oxygen atoms in total. The number of ether oxygens (including phenoxy) is 1. The van der Waals surface area contributed by atoms with Gasteiger partial charge in [-0.15, -0.1) is 0 Å². The molecule has 2 aliphatic rings. The van der Waals surface area contributed by atoms with E-state index in [1.54, 1.807) is 32.0 Å². The number of anilines is 1. The normalized spacial score (nSPS) is 18.5. The smallest absolute Gasteiger partial charge is 0.271 e. The Hall–Kier alpha value is -2.57. The lowest BCUT2D eigenvalue weighted by Crippen LogP contribution is -2.55. The van der Waals surface area contributed by atoms with Crippen LogP contribution in [0.5, 0.6) is 5.75 Å². The molecule has 0 aromatic heterocycles. The molecule has 2 heterocycles. The van der Waals surface area contributed by atoms with Crippen molar-refractivity contribution in [1.82, 2.24) is 10.2 Å². The molecule has 7 heteroatoms. The van der Waals surface area contributed by atoms with Crippen LogP contribution in [0.4, 0.5) is 5.69 Å². The van der Waals surface area contributed by atoms with Gasteiger partial charge in [0.15, 0.2) is 5.60 Å². The van der Waals surface area contributed by atoms with Crippen LogP contribution in [0.3, 0.4) is 0 Å². The molecule has 1 aromatic rings. The van der Waals surface area contributed by atoms with E-state index in [9.17, 15) is 14.4 Å². The Morgan fingerprint density at radius 2 is 1.83 bits per heavy atom. The minimum absolute atomic E-state index is 0.0514. The van der Waals surface area contributed by atoms with Crippen LogP contribution in [0.1, 0.15) is 70.7 Å². The molecule has 0 atom stereocenters. The van der Waals surface area contributed by atoms with Gasteiger partial charge in [0.1, 0.15) is 12.3 Å². The van der Waals surface area contributed by atoms with E-state index in [4.69, 9.17) is 4.74 Å². The van der Waals surface area contributed by atoms with Gasteiger partial charge in [-0.05, 0) is 71.6 Å². The Morgan fingerprint density at radius 1 is 1.17 bits per heavy atom. The summed E-state index contributed by atoms with van der Waals surface area (Å²) in [6, 6.07) is 5.04. The molecule has 0 radical (unpaired) electrons. The third-order valence-corrected chi connectivity index (χ3v) is 5.98. The topological polar surface area (TPSA) is 79.0 Å². The fourth-order valence-corrected chi connectivity index (χ4v) is 3.71. The van der Waals surface area contributed by atoms with Gasteiger partial charge in [-0.25, -0.2) is 0 Å². The molecule has 164 valence electrons. The highest BCUT2D eigenvalue weighted by Gasteiger charge is 2.42. The summed E-state index contributed by atoms with van der Waals surface area (Å²) < 4.78 is 5.90. The lowest BCUT2D eigenvalue weighted by molar-refractivity contribution is -0.137. The summed E-state index contributed by atoms with van der Waals surface area (Å²) in [6.07, 6.45) is 3.89. The Balaban J connectivity index is 1.90. The Kier molecular flexibility index (Phi) is 6.11. The zero-order valence-electron chi connectivity index (χ0n) is 18.7. The number of likely N-dealkylation sites (tertiary alicyclic amines) is 1. The molecule has 0 bridgehead atoms. The van der Waals surface area contributed by atoms with Crippen LogP contribution < -0.4 is 15.0 Å². The van der Waals surface area contributed by atoms with Crippen LogP contribution in [0.15, 0.2) is 18.2 Å². The number of amides is 3. The van der Waals surface area contributed by atoms with Crippen LogP contribution in [-0.4, -0.2) is 53.4 Å². The molecule has 0 saturated carbocycles. The number of fused-ring (bicyclic) bond motifs is 1. The molecule has 0 spiro atoms. The molecule has 30 heavy (non-hydrogen) atoms. The highest BCUT2D eigenvalue weighted by Crippen LogP contribution is 2.38. The Bertz CT molecular complexity index is 841. The first-order chi connectivity index (χ1) is 14.0. The van der Waals surface area contributed by atoms with E-state index in [-0.39, 0.29) is 29.8 Å². The summed E-state index contributed by atoms with van der Waals surface area (Å²) in [4.78, 5) is 42.1. The molecule has 3 rings (SSSR count). The molecular weight excluding hydrogens is 382 g/mol. The van der Waals surface area contributed by atoms with Crippen molar-refractivity contribution in [2.75, 3.05) is 24.5 Å². The third kappa shape index (κ3) is 4.60. The first-order valence-electron chi connectivity index (χ1n) is 10.8. The monoisotopic (exact) mass is 415 g/mol. The molecule has 1 N–H and O–H groups in total. The molecule has 1 aromatic carbocycles. The lowest BCUT2D eigenvalue weighted by Gasteiger charge is -2.39. The molecule has 2 aliphatic heterocycles. The molecular formula is C23H33N3O4. The van der Waals surface area contributed by atoms with Crippen molar-refractivity contribution in [1.29, 1.82) is 0 Å². The quantitative estimate of drug-likeness (QED) is 0.801. The van der Waals surface area contributed by atoms with Gasteiger partial charge in [0.2, 0.25) is 5.91 Å². The fourth-order valence-electron chi connectivity index (χ4n) is 3.71. The predicted octanol–water partition coefficient (Wildman–Crippen LogP) is 3.12. The van der Waals surface area contributed by atoms with E-state index in [2.05, 4.69) is 5.32 Å². The van der Waals surface area contributed by atoms with Gasteiger partial charge in [0.25, 0.3) is 11.8 Å². The van der Waals surface area contributed by atoms with E-state index in [1.165, 1.54) is 4.90 Å². The number of benzene rings is 1. The van der Waals surface area contributed by atoms with Gasteiger partial charge in [-0.3, -0.25) is 19.3 Å².